The molecule has 0 aliphatic heterocycles. The van der Waals surface area contributed by atoms with Crippen molar-refractivity contribution in [3.63, 3.8) is 0 Å². The number of aryl methyl sites for hydroxylation is 1. The van der Waals surface area contributed by atoms with Gasteiger partial charge in [0.05, 0.1) is 6.04 Å². The van der Waals surface area contributed by atoms with Crippen LogP contribution in [0.4, 0.5) is 0 Å². The Labute approximate surface area is 90.8 Å². The van der Waals surface area contributed by atoms with Crippen LogP contribution in [-0.4, -0.2) is 7.05 Å². The van der Waals surface area contributed by atoms with E-state index in [2.05, 4.69) is 18.0 Å². The molecular formula is C12H16ClN. The number of likely N-dealkylation sites (N-methyl/N-ethyl adjacent to an activating group) is 1. The molecule has 0 saturated heterocycles. The maximum Gasteiger partial charge on any atom is 0.0528 e. The van der Waals surface area contributed by atoms with Gasteiger partial charge in [0.1, 0.15) is 0 Å². The van der Waals surface area contributed by atoms with Crippen molar-refractivity contribution in [1.82, 2.24) is 5.32 Å². The van der Waals surface area contributed by atoms with Gasteiger partial charge in [0.25, 0.3) is 0 Å². The quantitative estimate of drug-likeness (QED) is 0.752. The summed E-state index contributed by atoms with van der Waals surface area (Å²) in [7, 11) is 1.93. The highest BCUT2D eigenvalue weighted by atomic mass is 35.5. The highest BCUT2D eigenvalue weighted by Gasteiger charge is 2.10. The first-order chi connectivity index (χ1) is 6.56. The molecule has 0 bridgehead atoms. The number of hydrogen-bond acceptors (Lipinski definition) is 1. The van der Waals surface area contributed by atoms with Gasteiger partial charge in [0.2, 0.25) is 0 Å². The summed E-state index contributed by atoms with van der Waals surface area (Å²) in [5.41, 5.74) is 3.42. The molecule has 1 aromatic rings. The predicted molar refractivity (Wildman–Crippen MR) is 62.8 cm³/mol. The van der Waals surface area contributed by atoms with Crippen molar-refractivity contribution in [3.05, 3.63) is 46.5 Å². The smallest absolute Gasteiger partial charge is 0.0528 e. The lowest BCUT2D eigenvalue weighted by Crippen LogP contribution is -2.17. The van der Waals surface area contributed by atoms with Crippen molar-refractivity contribution in [2.75, 3.05) is 7.05 Å². The molecule has 0 spiro atoms. The Morgan fingerprint density at radius 1 is 1.50 bits per heavy atom. The van der Waals surface area contributed by atoms with Crippen LogP contribution in [0.3, 0.4) is 0 Å². The lowest BCUT2D eigenvalue weighted by Gasteiger charge is -2.17. The van der Waals surface area contributed by atoms with Crippen LogP contribution in [-0.2, 0) is 0 Å². The molecule has 14 heavy (non-hydrogen) atoms. The molecule has 0 amide bonds. The Balaban J connectivity index is 3.06. The molecule has 0 aliphatic carbocycles. The summed E-state index contributed by atoms with van der Waals surface area (Å²) in [4.78, 5) is 0. The van der Waals surface area contributed by atoms with Crippen LogP contribution in [0.25, 0.3) is 0 Å². The van der Waals surface area contributed by atoms with Crippen LogP contribution in [0, 0.1) is 6.92 Å². The molecule has 2 heteroatoms. The van der Waals surface area contributed by atoms with Crippen LogP contribution in [0.15, 0.2) is 30.4 Å². The van der Waals surface area contributed by atoms with Crippen molar-refractivity contribution in [2.24, 2.45) is 0 Å². The van der Waals surface area contributed by atoms with Gasteiger partial charge in [-0.15, -0.1) is 0 Å². The van der Waals surface area contributed by atoms with E-state index in [9.17, 15) is 0 Å². The zero-order chi connectivity index (χ0) is 10.7. The summed E-state index contributed by atoms with van der Waals surface area (Å²) in [6.07, 6.45) is 0. The Morgan fingerprint density at radius 3 is 2.57 bits per heavy atom. The van der Waals surface area contributed by atoms with Crippen molar-refractivity contribution < 1.29 is 0 Å². The average Bonchev–Trinajstić information content (AvgIpc) is 2.11. The first-order valence-electron chi connectivity index (χ1n) is 4.65. The second-order valence-electron chi connectivity index (χ2n) is 3.58. The number of rotatable bonds is 3. The molecule has 1 aromatic carbocycles. The van der Waals surface area contributed by atoms with Gasteiger partial charge in [-0.05, 0) is 38.1 Å². The summed E-state index contributed by atoms with van der Waals surface area (Å²) in [6, 6.07) is 6.27. The van der Waals surface area contributed by atoms with Gasteiger partial charge in [-0.3, -0.25) is 0 Å². The lowest BCUT2D eigenvalue weighted by molar-refractivity contribution is 0.679. The van der Waals surface area contributed by atoms with E-state index in [1.807, 2.05) is 33.0 Å². The maximum atomic E-state index is 5.97. The molecule has 1 N–H and O–H groups in total. The highest BCUT2D eigenvalue weighted by Crippen LogP contribution is 2.24. The van der Waals surface area contributed by atoms with Gasteiger partial charge in [0, 0.05) is 5.02 Å². The summed E-state index contributed by atoms with van der Waals surface area (Å²) in [5, 5.41) is 4.03. The Kier molecular flexibility index (Phi) is 3.73. The topological polar surface area (TPSA) is 12.0 Å². The largest absolute Gasteiger partial charge is 0.310 e. The summed E-state index contributed by atoms with van der Waals surface area (Å²) in [6.45, 7) is 7.99. The normalized spacial score (nSPS) is 12.6. The van der Waals surface area contributed by atoms with Crippen LogP contribution in [0.2, 0.25) is 5.02 Å². The second-order valence-corrected chi connectivity index (χ2v) is 3.98. The molecule has 0 aliphatic rings. The van der Waals surface area contributed by atoms with Crippen molar-refractivity contribution in [2.45, 2.75) is 19.9 Å². The minimum absolute atomic E-state index is 0.214. The van der Waals surface area contributed by atoms with E-state index in [4.69, 9.17) is 11.6 Å². The third-order valence-corrected chi connectivity index (χ3v) is 2.72. The average molecular weight is 210 g/mol. The van der Waals surface area contributed by atoms with Gasteiger partial charge >= 0.3 is 0 Å². The maximum absolute atomic E-state index is 5.97. The van der Waals surface area contributed by atoms with E-state index < -0.39 is 0 Å². The second kappa shape index (κ2) is 4.63. The Bertz CT molecular complexity index is 344. The number of nitrogens with one attached hydrogen (secondary N) is 1. The standard InChI is InChI=1S/C12H16ClN/c1-8(2)12(14-4)10-5-6-11(13)9(3)7-10/h5-7,12,14H,1H2,2-4H3. The summed E-state index contributed by atoms with van der Waals surface area (Å²) in [5.74, 6) is 0. The van der Waals surface area contributed by atoms with Gasteiger partial charge in [-0.1, -0.05) is 35.9 Å². The van der Waals surface area contributed by atoms with Crippen LogP contribution >= 0.6 is 11.6 Å². The minimum Gasteiger partial charge on any atom is -0.310 e. The highest BCUT2D eigenvalue weighted by molar-refractivity contribution is 6.31. The molecule has 1 rings (SSSR count). The molecule has 1 nitrogen and oxygen atoms in total. The first-order valence-corrected chi connectivity index (χ1v) is 5.02. The first kappa shape index (κ1) is 11.3. The van der Waals surface area contributed by atoms with Gasteiger partial charge < -0.3 is 5.32 Å². The number of hydrogen-bond donors (Lipinski definition) is 1. The van der Waals surface area contributed by atoms with E-state index in [1.54, 1.807) is 0 Å². The van der Waals surface area contributed by atoms with E-state index >= 15 is 0 Å². The SMILES string of the molecule is C=C(C)C(NC)c1ccc(Cl)c(C)c1. The molecule has 1 unspecified atom stereocenters. The Morgan fingerprint density at radius 2 is 2.14 bits per heavy atom. The number of halogens is 1. The minimum atomic E-state index is 0.214. The van der Waals surface area contributed by atoms with Crippen molar-refractivity contribution in [1.29, 1.82) is 0 Å². The molecule has 0 saturated carbocycles. The molecule has 0 fully saturated rings. The predicted octanol–water partition coefficient (Wildman–Crippen LogP) is 3.49. The molecule has 1 atom stereocenters. The molecule has 0 aromatic heterocycles. The van der Waals surface area contributed by atoms with Gasteiger partial charge in [0.15, 0.2) is 0 Å². The van der Waals surface area contributed by atoms with E-state index in [-0.39, 0.29) is 6.04 Å². The van der Waals surface area contributed by atoms with Crippen molar-refractivity contribution in [3.8, 4) is 0 Å². The van der Waals surface area contributed by atoms with Gasteiger partial charge in [-0.25, -0.2) is 0 Å². The van der Waals surface area contributed by atoms with E-state index in [0.717, 1.165) is 16.2 Å². The number of benzene rings is 1. The Hall–Kier alpha value is -0.790. The molecule has 0 heterocycles. The monoisotopic (exact) mass is 209 g/mol. The molecular weight excluding hydrogens is 194 g/mol. The van der Waals surface area contributed by atoms with Crippen LogP contribution in [0.5, 0.6) is 0 Å². The molecule has 0 radical (unpaired) electrons. The third-order valence-electron chi connectivity index (χ3n) is 2.30. The zero-order valence-corrected chi connectivity index (χ0v) is 9.65. The fourth-order valence-corrected chi connectivity index (χ4v) is 1.66. The third kappa shape index (κ3) is 2.37. The van der Waals surface area contributed by atoms with Crippen LogP contribution < -0.4 is 5.32 Å². The fraction of sp³-hybridized carbons (Fsp3) is 0.333. The van der Waals surface area contributed by atoms with Crippen LogP contribution in [0.1, 0.15) is 24.1 Å². The van der Waals surface area contributed by atoms with Gasteiger partial charge in [-0.2, -0.15) is 0 Å². The summed E-state index contributed by atoms with van der Waals surface area (Å²) >= 11 is 5.97. The van der Waals surface area contributed by atoms with E-state index in [0.29, 0.717) is 0 Å². The zero-order valence-electron chi connectivity index (χ0n) is 8.89. The van der Waals surface area contributed by atoms with E-state index in [1.165, 1.54) is 5.56 Å². The van der Waals surface area contributed by atoms with Crippen molar-refractivity contribution >= 4 is 11.6 Å². The fourth-order valence-electron chi connectivity index (χ4n) is 1.55. The summed E-state index contributed by atoms with van der Waals surface area (Å²) < 4.78 is 0. The molecule has 76 valence electrons. The lowest BCUT2D eigenvalue weighted by atomic mass is 9.99.